The molecule has 1 aromatic carbocycles. The summed E-state index contributed by atoms with van der Waals surface area (Å²) >= 11 is 0. The summed E-state index contributed by atoms with van der Waals surface area (Å²) in [5.74, 6) is 1.60. The van der Waals surface area contributed by atoms with Crippen molar-refractivity contribution < 1.29 is 4.74 Å². The van der Waals surface area contributed by atoms with Gasteiger partial charge in [0.2, 0.25) is 0 Å². The molecule has 1 N–H and O–H groups in total. The fourth-order valence-corrected chi connectivity index (χ4v) is 2.86. The van der Waals surface area contributed by atoms with Crippen molar-refractivity contribution in [2.24, 2.45) is 0 Å². The Morgan fingerprint density at radius 3 is 2.69 bits per heavy atom. The van der Waals surface area contributed by atoms with Crippen molar-refractivity contribution in [1.29, 1.82) is 0 Å². The van der Waals surface area contributed by atoms with Crippen LogP contribution in [0, 0.1) is 0 Å². The van der Waals surface area contributed by atoms with E-state index in [0.717, 1.165) is 41.5 Å². The number of aryl methyl sites for hydroxylation is 1. The van der Waals surface area contributed by atoms with E-state index in [1.54, 1.807) is 18.6 Å². The Morgan fingerprint density at radius 1 is 1.00 bits per heavy atom. The van der Waals surface area contributed by atoms with Gasteiger partial charge in [-0.15, -0.1) is 0 Å². The zero-order chi connectivity index (χ0) is 17.6. The second-order valence-corrected chi connectivity index (χ2v) is 5.83. The van der Waals surface area contributed by atoms with Crippen LogP contribution in [0.25, 0.3) is 22.8 Å². The van der Waals surface area contributed by atoms with Gasteiger partial charge in [-0.05, 0) is 18.6 Å². The maximum Gasteiger partial charge on any atom is 0.156 e. The zero-order valence-corrected chi connectivity index (χ0v) is 14.2. The van der Waals surface area contributed by atoms with Crippen LogP contribution in [0.1, 0.15) is 6.42 Å². The van der Waals surface area contributed by atoms with E-state index in [0.29, 0.717) is 6.61 Å². The zero-order valence-electron chi connectivity index (χ0n) is 14.2. The maximum atomic E-state index is 5.73. The van der Waals surface area contributed by atoms with Gasteiger partial charge in [0, 0.05) is 30.7 Å². The van der Waals surface area contributed by atoms with Crippen LogP contribution in [0.2, 0.25) is 0 Å². The Morgan fingerprint density at radius 2 is 1.92 bits per heavy atom. The van der Waals surface area contributed by atoms with E-state index in [-0.39, 0.29) is 0 Å². The molecule has 0 bridgehead atoms. The van der Waals surface area contributed by atoms with Gasteiger partial charge in [-0.25, -0.2) is 9.97 Å². The van der Waals surface area contributed by atoms with Crippen molar-refractivity contribution in [3.05, 3.63) is 73.6 Å². The molecule has 0 aliphatic carbocycles. The highest BCUT2D eigenvalue weighted by molar-refractivity contribution is 5.75. The molecular formula is C20H19N5O. The maximum absolute atomic E-state index is 5.73. The SMILES string of the molecule is c1ccc(-c2ncn(CCCOc3cccnc3)c2-c2ncc[nH]2)cc1. The molecule has 0 unspecified atom stereocenters. The Kier molecular flexibility index (Phi) is 4.73. The van der Waals surface area contributed by atoms with Crippen molar-refractivity contribution in [3.8, 4) is 28.5 Å². The number of hydrogen-bond acceptors (Lipinski definition) is 4. The number of ether oxygens (including phenoxy) is 1. The Hall–Kier alpha value is -3.41. The first-order chi connectivity index (χ1) is 12.9. The van der Waals surface area contributed by atoms with Crippen LogP contribution in [0.5, 0.6) is 5.75 Å². The number of nitrogens with zero attached hydrogens (tertiary/aromatic N) is 4. The molecule has 0 aliphatic rings. The summed E-state index contributed by atoms with van der Waals surface area (Å²) in [6.45, 7) is 1.40. The first kappa shape index (κ1) is 16.1. The normalized spacial score (nSPS) is 10.8. The van der Waals surface area contributed by atoms with E-state index in [1.807, 2.05) is 42.9 Å². The van der Waals surface area contributed by atoms with E-state index in [4.69, 9.17) is 4.74 Å². The van der Waals surface area contributed by atoms with Gasteiger partial charge in [0.1, 0.15) is 11.4 Å². The van der Waals surface area contributed by atoms with Gasteiger partial charge >= 0.3 is 0 Å². The number of H-pyrrole nitrogens is 1. The molecule has 3 aromatic heterocycles. The van der Waals surface area contributed by atoms with Crippen molar-refractivity contribution in [2.45, 2.75) is 13.0 Å². The number of nitrogens with one attached hydrogen (secondary N) is 1. The first-order valence-electron chi connectivity index (χ1n) is 8.55. The Labute approximate surface area is 151 Å². The van der Waals surface area contributed by atoms with Gasteiger partial charge < -0.3 is 14.3 Å². The van der Waals surface area contributed by atoms with Crippen molar-refractivity contribution in [1.82, 2.24) is 24.5 Å². The van der Waals surface area contributed by atoms with Gasteiger partial charge in [-0.3, -0.25) is 4.98 Å². The molecule has 0 saturated heterocycles. The lowest BCUT2D eigenvalue weighted by atomic mass is 10.1. The van der Waals surface area contributed by atoms with Crippen LogP contribution in [0.15, 0.2) is 73.6 Å². The van der Waals surface area contributed by atoms with Gasteiger partial charge in [-0.1, -0.05) is 30.3 Å². The van der Waals surface area contributed by atoms with E-state index < -0.39 is 0 Å². The number of aromatic amines is 1. The summed E-state index contributed by atoms with van der Waals surface area (Å²) in [7, 11) is 0. The van der Waals surface area contributed by atoms with Crippen LogP contribution >= 0.6 is 0 Å². The van der Waals surface area contributed by atoms with Crippen LogP contribution in [-0.2, 0) is 6.54 Å². The first-order valence-corrected chi connectivity index (χ1v) is 8.55. The molecule has 0 saturated carbocycles. The summed E-state index contributed by atoms with van der Waals surface area (Å²) in [5, 5.41) is 0. The minimum absolute atomic E-state index is 0.613. The molecule has 4 aromatic rings. The molecule has 0 amide bonds. The smallest absolute Gasteiger partial charge is 0.156 e. The average Bonchev–Trinajstić information content (AvgIpc) is 3.36. The topological polar surface area (TPSA) is 68.6 Å². The van der Waals surface area contributed by atoms with E-state index in [9.17, 15) is 0 Å². The summed E-state index contributed by atoms with van der Waals surface area (Å²) in [5.41, 5.74) is 2.99. The molecule has 6 nitrogen and oxygen atoms in total. The quantitative estimate of drug-likeness (QED) is 0.517. The van der Waals surface area contributed by atoms with Crippen LogP contribution < -0.4 is 4.74 Å². The third-order valence-electron chi connectivity index (χ3n) is 4.05. The predicted molar refractivity (Wildman–Crippen MR) is 99.6 cm³/mol. The molecule has 0 radical (unpaired) electrons. The van der Waals surface area contributed by atoms with E-state index in [1.165, 1.54) is 0 Å². The minimum atomic E-state index is 0.613. The van der Waals surface area contributed by atoms with Crippen molar-refractivity contribution >= 4 is 0 Å². The molecule has 26 heavy (non-hydrogen) atoms. The summed E-state index contributed by atoms with van der Waals surface area (Å²) in [6, 6.07) is 13.9. The van der Waals surface area contributed by atoms with Crippen LogP contribution in [-0.4, -0.2) is 31.1 Å². The second-order valence-electron chi connectivity index (χ2n) is 5.83. The lowest BCUT2D eigenvalue weighted by Crippen LogP contribution is -2.06. The summed E-state index contributed by atoms with van der Waals surface area (Å²) in [4.78, 5) is 16.3. The number of aromatic nitrogens is 5. The highest BCUT2D eigenvalue weighted by Gasteiger charge is 2.16. The third kappa shape index (κ3) is 3.49. The largest absolute Gasteiger partial charge is 0.492 e. The third-order valence-corrected chi connectivity index (χ3v) is 4.05. The highest BCUT2D eigenvalue weighted by atomic mass is 16.5. The number of rotatable bonds is 7. The molecule has 4 rings (SSSR count). The monoisotopic (exact) mass is 345 g/mol. The fourth-order valence-electron chi connectivity index (χ4n) is 2.86. The minimum Gasteiger partial charge on any atom is -0.492 e. The second kappa shape index (κ2) is 7.65. The molecule has 0 fully saturated rings. The molecule has 0 aliphatic heterocycles. The van der Waals surface area contributed by atoms with Crippen LogP contribution in [0.3, 0.4) is 0 Å². The standard InChI is InChI=1S/C20H19N5O/c1-2-6-16(7-3-1)18-19(20-22-10-11-23-20)25(15-24-18)12-5-13-26-17-8-4-9-21-14-17/h1-4,6-11,14-15H,5,12-13H2,(H,22,23). The molecule has 6 heteroatoms. The molecule has 0 atom stereocenters. The molecule has 130 valence electrons. The lowest BCUT2D eigenvalue weighted by molar-refractivity contribution is 0.301. The van der Waals surface area contributed by atoms with Gasteiger partial charge in [0.25, 0.3) is 0 Å². The van der Waals surface area contributed by atoms with Crippen molar-refractivity contribution in [3.63, 3.8) is 0 Å². The number of pyridine rings is 1. The predicted octanol–water partition coefficient (Wildman–Crippen LogP) is 3.80. The van der Waals surface area contributed by atoms with Gasteiger partial charge in [-0.2, -0.15) is 0 Å². The van der Waals surface area contributed by atoms with Crippen LogP contribution in [0.4, 0.5) is 0 Å². The number of benzene rings is 1. The Bertz CT molecular complexity index is 933. The van der Waals surface area contributed by atoms with E-state index in [2.05, 4.69) is 36.6 Å². The van der Waals surface area contributed by atoms with E-state index >= 15 is 0 Å². The van der Waals surface area contributed by atoms with Gasteiger partial charge in [0.05, 0.1) is 24.8 Å². The summed E-state index contributed by atoms with van der Waals surface area (Å²) in [6.07, 6.45) is 9.76. The molecular weight excluding hydrogens is 326 g/mol. The highest BCUT2D eigenvalue weighted by Crippen LogP contribution is 2.29. The number of imidazole rings is 2. The summed E-state index contributed by atoms with van der Waals surface area (Å²) < 4.78 is 7.85. The van der Waals surface area contributed by atoms with Crippen molar-refractivity contribution in [2.75, 3.05) is 6.61 Å². The lowest BCUT2D eigenvalue weighted by Gasteiger charge is -2.09. The number of hydrogen-bond donors (Lipinski definition) is 1. The van der Waals surface area contributed by atoms with Gasteiger partial charge in [0.15, 0.2) is 5.82 Å². The molecule has 0 spiro atoms. The fraction of sp³-hybridized carbons (Fsp3) is 0.150. The molecule has 3 heterocycles. The Balaban J connectivity index is 1.52. The average molecular weight is 345 g/mol.